The Morgan fingerprint density at radius 3 is 2.35 bits per heavy atom. The normalized spacial score (nSPS) is 14.4. The highest BCUT2D eigenvalue weighted by Crippen LogP contribution is 2.14. The lowest BCUT2D eigenvalue weighted by Crippen LogP contribution is -2.39. The zero-order valence-corrected chi connectivity index (χ0v) is 10.7. The molecule has 1 aromatic carbocycles. The molecule has 0 aliphatic rings. The maximum Gasteiger partial charge on any atom is 0.249 e. The molecule has 0 spiro atoms. The van der Waals surface area contributed by atoms with Crippen molar-refractivity contribution < 1.29 is 9.90 Å². The first kappa shape index (κ1) is 13.7. The Morgan fingerprint density at radius 2 is 1.82 bits per heavy atom. The van der Waals surface area contributed by atoms with Gasteiger partial charge in [0, 0.05) is 6.54 Å². The Kier molecular flexibility index (Phi) is 5.16. The number of nitrogens with one attached hydrogen (secondary N) is 1. The van der Waals surface area contributed by atoms with Crippen LogP contribution in [0.1, 0.15) is 26.3 Å². The molecule has 0 aliphatic heterocycles. The van der Waals surface area contributed by atoms with Crippen LogP contribution in [-0.4, -0.2) is 17.1 Å². The predicted octanol–water partition coefficient (Wildman–Crippen LogP) is 1.96. The number of carbonyl (C=O) groups excluding carboxylic acids is 1. The van der Waals surface area contributed by atoms with Gasteiger partial charge in [0.15, 0.2) is 0 Å². The van der Waals surface area contributed by atoms with Crippen LogP contribution in [0.15, 0.2) is 30.3 Å². The van der Waals surface area contributed by atoms with Gasteiger partial charge in [0.05, 0.1) is 0 Å². The van der Waals surface area contributed by atoms with Gasteiger partial charge in [-0.25, -0.2) is 0 Å². The standard InChI is InChI=1S/C14H21NO2/c1-10(2)11(3)13(16)14(17)15-9-12-7-5-4-6-8-12/h4-8,10-11,13,16H,9H2,1-3H3,(H,15,17)/t11-,13?/m0/s1. The van der Waals surface area contributed by atoms with Gasteiger partial charge in [-0.1, -0.05) is 51.1 Å². The predicted molar refractivity (Wildman–Crippen MR) is 68.3 cm³/mol. The van der Waals surface area contributed by atoms with Gasteiger partial charge < -0.3 is 10.4 Å². The lowest BCUT2D eigenvalue weighted by atomic mass is 9.92. The zero-order valence-electron chi connectivity index (χ0n) is 10.7. The number of aliphatic hydroxyl groups is 1. The average Bonchev–Trinajstić information content (AvgIpc) is 2.35. The Morgan fingerprint density at radius 1 is 1.24 bits per heavy atom. The minimum atomic E-state index is -0.932. The molecule has 1 unspecified atom stereocenters. The van der Waals surface area contributed by atoms with Crippen molar-refractivity contribution in [2.24, 2.45) is 11.8 Å². The number of hydrogen-bond donors (Lipinski definition) is 2. The molecule has 0 saturated carbocycles. The summed E-state index contributed by atoms with van der Waals surface area (Å²) in [7, 11) is 0. The van der Waals surface area contributed by atoms with Crippen molar-refractivity contribution in [2.45, 2.75) is 33.4 Å². The molecule has 0 saturated heterocycles. The van der Waals surface area contributed by atoms with Crippen LogP contribution in [-0.2, 0) is 11.3 Å². The molecule has 1 aromatic rings. The molecule has 1 amide bonds. The minimum Gasteiger partial charge on any atom is -0.383 e. The SMILES string of the molecule is CC(C)[C@H](C)C(O)C(=O)NCc1ccccc1. The van der Waals surface area contributed by atoms with Crippen LogP contribution < -0.4 is 5.32 Å². The van der Waals surface area contributed by atoms with Crippen molar-refractivity contribution in [3.63, 3.8) is 0 Å². The molecule has 0 aliphatic carbocycles. The first-order chi connectivity index (χ1) is 8.02. The highest BCUT2D eigenvalue weighted by molar-refractivity contribution is 5.80. The third-order valence-corrected chi connectivity index (χ3v) is 3.13. The third-order valence-electron chi connectivity index (χ3n) is 3.13. The monoisotopic (exact) mass is 235 g/mol. The van der Waals surface area contributed by atoms with Crippen LogP contribution in [0.4, 0.5) is 0 Å². The van der Waals surface area contributed by atoms with Crippen molar-refractivity contribution >= 4 is 5.91 Å². The Bertz CT molecular complexity index is 348. The number of rotatable bonds is 5. The largest absolute Gasteiger partial charge is 0.383 e. The highest BCUT2D eigenvalue weighted by Gasteiger charge is 2.24. The van der Waals surface area contributed by atoms with Crippen LogP contribution >= 0.6 is 0 Å². The van der Waals surface area contributed by atoms with Crippen molar-refractivity contribution in [3.05, 3.63) is 35.9 Å². The van der Waals surface area contributed by atoms with Gasteiger partial charge in [-0.05, 0) is 17.4 Å². The third kappa shape index (κ3) is 4.19. The van der Waals surface area contributed by atoms with Crippen molar-refractivity contribution in [2.75, 3.05) is 0 Å². The molecule has 0 heterocycles. The second kappa shape index (κ2) is 6.40. The maximum absolute atomic E-state index is 11.7. The fourth-order valence-electron chi connectivity index (χ4n) is 1.49. The summed E-state index contributed by atoms with van der Waals surface area (Å²) in [4.78, 5) is 11.7. The van der Waals surface area contributed by atoms with E-state index in [9.17, 15) is 9.90 Å². The smallest absolute Gasteiger partial charge is 0.249 e. The van der Waals surface area contributed by atoms with Crippen LogP contribution in [0.5, 0.6) is 0 Å². The van der Waals surface area contributed by atoms with E-state index in [4.69, 9.17) is 0 Å². The van der Waals surface area contributed by atoms with E-state index in [0.717, 1.165) is 5.56 Å². The molecule has 3 nitrogen and oxygen atoms in total. The number of carbonyl (C=O) groups is 1. The van der Waals surface area contributed by atoms with Crippen LogP contribution in [0.2, 0.25) is 0 Å². The maximum atomic E-state index is 11.7. The number of aliphatic hydroxyl groups excluding tert-OH is 1. The van der Waals surface area contributed by atoms with Gasteiger partial charge >= 0.3 is 0 Å². The summed E-state index contributed by atoms with van der Waals surface area (Å²) >= 11 is 0. The first-order valence-electron chi connectivity index (χ1n) is 6.02. The van der Waals surface area contributed by atoms with Crippen molar-refractivity contribution in [1.29, 1.82) is 0 Å². The Balaban J connectivity index is 2.45. The molecule has 1 rings (SSSR count). The summed E-state index contributed by atoms with van der Waals surface area (Å²) in [5, 5.41) is 12.6. The quantitative estimate of drug-likeness (QED) is 0.819. The molecular formula is C14H21NO2. The number of benzene rings is 1. The average molecular weight is 235 g/mol. The fraction of sp³-hybridized carbons (Fsp3) is 0.500. The van der Waals surface area contributed by atoms with E-state index in [1.807, 2.05) is 51.1 Å². The second-order valence-corrected chi connectivity index (χ2v) is 4.75. The fourth-order valence-corrected chi connectivity index (χ4v) is 1.49. The van der Waals surface area contributed by atoms with Crippen molar-refractivity contribution in [1.82, 2.24) is 5.32 Å². The molecule has 3 heteroatoms. The van der Waals surface area contributed by atoms with Crippen LogP contribution in [0.25, 0.3) is 0 Å². The van der Waals surface area contributed by atoms with Gasteiger partial charge in [0.25, 0.3) is 0 Å². The summed E-state index contributed by atoms with van der Waals surface area (Å²) in [5.41, 5.74) is 1.03. The molecule has 17 heavy (non-hydrogen) atoms. The number of amides is 1. The molecule has 0 aromatic heterocycles. The molecule has 0 radical (unpaired) electrons. The van der Waals surface area contributed by atoms with Gasteiger partial charge in [-0.3, -0.25) is 4.79 Å². The lowest BCUT2D eigenvalue weighted by molar-refractivity contribution is -0.132. The molecule has 2 atom stereocenters. The Labute approximate surface area is 103 Å². The minimum absolute atomic E-state index is 0.0363. The summed E-state index contributed by atoms with van der Waals surface area (Å²) in [5.74, 6) is -0.0479. The summed E-state index contributed by atoms with van der Waals surface area (Å²) in [6.45, 7) is 6.34. The van der Waals surface area contributed by atoms with Crippen LogP contribution in [0, 0.1) is 11.8 Å². The second-order valence-electron chi connectivity index (χ2n) is 4.75. The molecule has 0 bridgehead atoms. The molecular weight excluding hydrogens is 214 g/mol. The van der Waals surface area contributed by atoms with Gasteiger partial charge in [-0.15, -0.1) is 0 Å². The van der Waals surface area contributed by atoms with E-state index in [2.05, 4.69) is 5.32 Å². The van der Waals surface area contributed by atoms with E-state index in [-0.39, 0.29) is 17.7 Å². The lowest BCUT2D eigenvalue weighted by Gasteiger charge is -2.21. The highest BCUT2D eigenvalue weighted by atomic mass is 16.3. The van der Waals surface area contributed by atoms with Gasteiger partial charge in [0.1, 0.15) is 6.10 Å². The Hall–Kier alpha value is -1.35. The first-order valence-corrected chi connectivity index (χ1v) is 6.02. The molecule has 0 fully saturated rings. The molecule has 2 N–H and O–H groups in total. The van der Waals surface area contributed by atoms with E-state index >= 15 is 0 Å². The van der Waals surface area contributed by atoms with E-state index < -0.39 is 6.10 Å². The topological polar surface area (TPSA) is 49.3 Å². The summed E-state index contributed by atoms with van der Waals surface area (Å²) in [6, 6.07) is 9.67. The summed E-state index contributed by atoms with van der Waals surface area (Å²) in [6.07, 6.45) is -0.932. The van der Waals surface area contributed by atoms with E-state index in [1.54, 1.807) is 0 Å². The number of hydrogen-bond acceptors (Lipinski definition) is 2. The van der Waals surface area contributed by atoms with Crippen LogP contribution in [0.3, 0.4) is 0 Å². The zero-order chi connectivity index (χ0) is 12.8. The summed E-state index contributed by atoms with van der Waals surface area (Å²) < 4.78 is 0. The van der Waals surface area contributed by atoms with Gasteiger partial charge in [-0.2, -0.15) is 0 Å². The van der Waals surface area contributed by atoms with E-state index in [1.165, 1.54) is 0 Å². The molecule has 94 valence electrons. The van der Waals surface area contributed by atoms with E-state index in [0.29, 0.717) is 6.54 Å². The van der Waals surface area contributed by atoms with Crippen molar-refractivity contribution in [3.8, 4) is 0 Å². The van der Waals surface area contributed by atoms with Gasteiger partial charge in [0.2, 0.25) is 5.91 Å².